The molecule has 1 aliphatic carbocycles. The third kappa shape index (κ3) is 3.31. The van der Waals surface area contributed by atoms with E-state index in [4.69, 9.17) is 0 Å². The average molecular weight is 425 g/mol. The Balaban J connectivity index is 1.44. The summed E-state index contributed by atoms with van der Waals surface area (Å²) in [4.78, 5) is 15.5. The van der Waals surface area contributed by atoms with Gasteiger partial charge in [-0.05, 0) is 67.9 Å². The Morgan fingerprint density at radius 2 is 1.73 bits per heavy atom. The number of benzene rings is 2. The molecule has 0 radical (unpaired) electrons. The second-order valence-corrected chi connectivity index (χ2v) is 10.6. The van der Waals surface area contributed by atoms with Gasteiger partial charge in [-0.15, -0.1) is 0 Å². The molecule has 0 aromatic heterocycles. The van der Waals surface area contributed by atoms with Gasteiger partial charge in [-0.3, -0.25) is 9.10 Å². The van der Waals surface area contributed by atoms with Crippen LogP contribution in [0.2, 0.25) is 0 Å². The zero-order chi connectivity index (χ0) is 20.7. The molecule has 1 saturated carbocycles. The number of para-hydroxylation sites is 1. The number of carbonyl (C=O) groups is 1. The van der Waals surface area contributed by atoms with Gasteiger partial charge >= 0.3 is 0 Å². The van der Waals surface area contributed by atoms with Crippen molar-refractivity contribution in [3.8, 4) is 0 Å². The van der Waals surface area contributed by atoms with Crippen LogP contribution in [0.1, 0.15) is 54.4 Å². The third-order valence-electron chi connectivity index (χ3n) is 7.01. The highest BCUT2D eigenvalue weighted by Crippen LogP contribution is 2.37. The first-order chi connectivity index (χ1) is 14.6. The number of hydrogen-bond acceptors (Lipinski definition) is 3. The van der Waals surface area contributed by atoms with Gasteiger partial charge in [0.25, 0.3) is 15.9 Å². The molecule has 5 nitrogen and oxygen atoms in total. The summed E-state index contributed by atoms with van der Waals surface area (Å²) in [6.45, 7) is 1.25. The Morgan fingerprint density at radius 3 is 2.63 bits per heavy atom. The first kappa shape index (κ1) is 19.6. The van der Waals surface area contributed by atoms with E-state index in [-0.39, 0.29) is 10.8 Å². The lowest BCUT2D eigenvalue weighted by molar-refractivity contribution is 0.0690. The van der Waals surface area contributed by atoms with Crippen molar-refractivity contribution in [3.05, 3.63) is 59.7 Å². The number of nitrogens with zero attached hydrogens (tertiary/aromatic N) is 2. The Kier molecular flexibility index (Phi) is 5.05. The third-order valence-corrected chi connectivity index (χ3v) is 8.82. The van der Waals surface area contributed by atoms with Gasteiger partial charge in [0.15, 0.2) is 0 Å². The number of sulfonamides is 1. The van der Waals surface area contributed by atoms with E-state index in [1.54, 1.807) is 24.3 Å². The lowest BCUT2D eigenvalue weighted by atomic mass is 9.85. The van der Waals surface area contributed by atoms with Crippen molar-refractivity contribution in [1.82, 2.24) is 4.90 Å². The molecule has 5 rings (SSSR count). The normalized spacial score (nSPS) is 23.7. The van der Waals surface area contributed by atoms with Crippen LogP contribution in [0, 0.1) is 5.92 Å². The number of amides is 1. The monoisotopic (exact) mass is 424 g/mol. The molecule has 30 heavy (non-hydrogen) atoms. The van der Waals surface area contributed by atoms with E-state index in [9.17, 15) is 13.2 Å². The molecule has 1 amide bonds. The summed E-state index contributed by atoms with van der Waals surface area (Å²) < 4.78 is 28.5. The molecule has 2 aromatic carbocycles. The maximum Gasteiger partial charge on any atom is 0.264 e. The highest BCUT2D eigenvalue weighted by molar-refractivity contribution is 7.92. The lowest BCUT2D eigenvalue weighted by Gasteiger charge is -2.32. The molecule has 6 heteroatoms. The van der Waals surface area contributed by atoms with Crippen LogP contribution in [0.5, 0.6) is 0 Å². The van der Waals surface area contributed by atoms with Crippen LogP contribution in [0.25, 0.3) is 0 Å². The second kappa shape index (κ2) is 7.73. The molecule has 2 unspecified atom stereocenters. The maximum atomic E-state index is 13.5. The van der Waals surface area contributed by atoms with Crippen molar-refractivity contribution in [2.75, 3.05) is 17.4 Å². The van der Waals surface area contributed by atoms with Gasteiger partial charge in [0.05, 0.1) is 10.6 Å². The lowest BCUT2D eigenvalue weighted by Crippen LogP contribution is -2.39. The summed E-state index contributed by atoms with van der Waals surface area (Å²) in [7, 11) is -3.72. The van der Waals surface area contributed by atoms with E-state index in [1.807, 2.05) is 29.2 Å². The van der Waals surface area contributed by atoms with Gasteiger partial charge in [0.2, 0.25) is 0 Å². The topological polar surface area (TPSA) is 57.7 Å². The minimum atomic E-state index is -3.72. The summed E-state index contributed by atoms with van der Waals surface area (Å²) in [5.41, 5.74) is 2.29. The molecule has 2 heterocycles. The summed E-state index contributed by atoms with van der Waals surface area (Å²) in [5, 5.41) is 0. The number of rotatable bonds is 3. The van der Waals surface area contributed by atoms with Crippen LogP contribution >= 0.6 is 0 Å². The first-order valence-electron chi connectivity index (χ1n) is 11.1. The van der Waals surface area contributed by atoms with Crippen molar-refractivity contribution >= 4 is 21.6 Å². The smallest absolute Gasteiger partial charge is 0.264 e. The fourth-order valence-corrected chi connectivity index (χ4v) is 7.08. The summed E-state index contributed by atoms with van der Waals surface area (Å²) in [6.07, 6.45) is 7.46. The molecule has 1 saturated heterocycles. The SMILES string of the molecule is O=C(c1cccc(S(=O)(=O)N2CCCc3ccccc32)c1)N1CCC2CCCCC21. The van der Waals surface area contributed by atoms with Crippen molar-refractivity contribution in [2.45, 2.75) is 55.9 Å². The number of carbonyl (C=O) groups excluding carboxylic acids is 1. The molecule has 3 aliphatic rings. The van der Waals surface area contributed by atoms with E-state index in [1.165, 1.54) is 23.6 Å². The highest BCUT2D eigenvalue weighted by atomic mass is 32.2. The van der Waals surface area contributed by atoms with Crippen molar-refractivity contribution in [3.63, 3.8) is 0 Å². The highest BCUT2D eigenvalue weighted by Gasteiger charge is 2.38. The van der Waals surface area contributed by atoms with E-state index in [0.717, 1.165) is 43.5 Å². The van der Waals surface area contributed by atoms with Crippen molar-refractivity contribution < 1.29 is 13.2 Å². The van der Waals surface area contributed by atoms with E-state index >= 15 is 0 Å². The second-order valence-electron chi connectivity index (χ2n) is 8.74. The molecule has 0 N–H and O–H groups in total. The number of hydrogen-bond donors (Lipinski definition) is 0. The van der Waals surface area contributed by atoms with Crippen LogP contribution < -0.4 is 4.31 Å². The summed E-state index contributed by atoms with van der Waals surface area (Å²) in [5.74, 6) is 0.583. The molecule has 2 atom stereocenters. The zero-order valence-corrected chi connectivity index (χ0v) is 18.0. The van der Waals surface area contributed by atoms with E-state index in [2.05, 4.69) is 0 Å². The number of fused-ring (bicyclic) bond motifs is 2. The number of anilines is 1. The van der Waals surface area contributed by atoms with E-state index in [0.29, 0.717) is 24.1 Å². The quantitative estimate of drug-likeness (QED) is 0.741. The molecule has 2 fully saturated rings. The van der Waals surface area contributed by atoms with Crippen LogP contribution in [0.3, 0.4) is 0 Å². The fraction of sp³-hybridized carbons (Fsp3) is 0.458. The predicted octanol–water partition coefficient (Wildman–Crippen LogP) is 4.23. The predicted molar refractivity (Wildman–Crippen MR) is 117 cm³/mol. The van der Waals surface area contributed by atoms with Gasteiger partial charge in [0, 0.05) is 24.7 Å². The van der Waals surface area contributed by atoms with Crippen molar-refractivity contribution in [1.29, 1.82) is 0 Å². The van der Waals surface area contributed by atoms with Gasteiger partial charge in [-0.25, -0.2) is 8.42 Å². The molecule has 2 aromatic rings. The minimum Gasteiger partial charge on any atom is -0.335 e. The Morgan fingerprint density at radius 1 is 0.900 bits per heavy atom. The van der Waals surface area contributed by atoms with Crippen LogP contribution in [-0.2, 0) is 16.4 Å². The van der Waals surface area contributed by atoms with Crippen LogP contribution in [0.15, 0.2) is 53.4 Å². The van der Waals surface area contributed by atoms with Gasteiger partial charge in [-0.2, -0.15) is 0 Å². The van der Waals surface area contributed by atoms with Gasteiger partial charge < -0.3 is 4.90 Å². The Hall–Kier alpha value is -2.34. The summed E-state index contributed by atoms with van der Waals surface area (Å²) >= 11 is 0. The molecular formula is C24H28N2O3S. The first-order valence-corrected chi connectivity index (χ1v) is 12.5. The number of aryl methyl sites for hydroxylation is 1. The molecule has 158 valence electrons. The zero-order valence-electron chi connectivity index (χ0n) is 17.2. The van der Waals surface area contributed by atoms with Crippen molar-refractivity contribution in [2.24, 2.45) is 5.92 Å². The molecular weight excluding hydrogens is 396 g/mol. The van der Waals surface area contributed by atoms with E-state index < -0.39 is 10.0 Å². The fourth-order valence-electron chi connectivity index (χ4n) is 5.49. The van der Waals surface area contributed by atoms with Crippen LogP contribution in [-0.4, -0.2) is 38.4 Å². The average Bonchev–Trinajstić information content (AvgIpc) is 3.22. The van der Waals surface area contributed by atoms with Crippen LogP contribution in [0.4, 0.5) is 5.69 Å². The maximum absolute atomic E-state index is 13.5. The van der Waals surface area contributed by atoms with Gasteiger partial charge in [-0.1, -0.05) is 37.1 Å². The molecule has 2 aliphatic heterocycles. The standard InChI is InChI=1S/C24H28N2O3S/c27-24(25-16-14-19-8-1-3-12-22(19)25)20-9-5-11-21(17-20)30(28,29)26-15-6-10-18-7-2-4-13-23(18)26/h2,4-5,7,9,11,13,17,19,22H,1,3,6,8,10,12,14-16H2. The summed E-state index contributed by atoms with van der Waals surface area (Å²) in [6, 6.07) is 14.6. The minimum absolute atomic E-state index is 0.0273. The molecule has 0 spiro atoms. The largest absolute Gasteiger partial charge is 0.335 e. The number of likely N-dealkylation sites (tertiary alicyclic amines) is 1. The Labute approximate surface area is 178 Å². The Bertz CT molecular complexity index is 1070. The van der Waals surface area contributed by atoms with Gasteiger partial charge in [0.1, 0.15) is 0 Å². The molecule has 0 bridgehead atoms.